The average Bonchev–Trinajstić information content (AvgIpc) is 3.01. The maximum atomic E-state index is 10.4. The summed E-state index contributed by atoms with van der Waals surface area (Å²) in [5.41, 5.74) is 5.12. The molecule has 0 spiro atoms. The summed E-state index contributed by atoms with van der Waals surface area (Å²) in [6.07, 6.45) is 4.89. The molecular weight excluding hydrogens is 188 g/mol. The maximum absolute atomic E-state index is 10.4. The molecule has 0 bridgehead atoms. The van der Waals surface area contributed by atoms with Crippen LogP contribution in [-0.4, -0.2) is 41.8 Å². The Hall–Kier alpha value is -0.120. The van der Waals surface area contributed by atoms with Gasteiger partial charge < -0.3 is 15.7 Å². The molecule has 3 N–H and O–H groups in total. The van der Waals surface area contributed by atoms with Gasteiger partial charge in [-0.1, -0.05) is 13.3 Å². The third-order valence-corrected chi connectivity index (χ3v) is 4.14. The summed E-state index contributed by atoms with van der Waals surface area (Å²) >= 11 is 0. The zero-order chi connectivity index (χ0) is 10.9. The normalized spacial score (nSPS) is 31.8. The van der Waals surface area contributed by atoms with Gasteiger partial charge in [0.05, 0.1) is 5.60 Å². The molecule has 1 heterocycles. The fraction of sp³-hybridized carbons (Fsp3) is 1.00. The van der Waals surface area contributed by atoms with Crippen molar-refractivity contribution in [3.63, 3.8) is 0 Å². The second-order valence-electron chi connectivity index (χ2n) is 5.38. The van der Waals surface area contributed by atoms with Crippen LogP contribution in [0.25, 0.3) is 0 Å². The summed E-state index contributed by atoms with van der Waals surface area (Å²) in [6.45, 7) is 5.78. The predicted molar refractivity (Wildman–Crippen MR) is 61.6 cm³/mol. The summed E-state index contributed by atoms with van der Waals surface area (Å²) in [5, 5.41) is 10.4. The molecule has 3 nitrogen and oxygen atoms in total. The van der Waals surface area contributed by atoms with Gasteiger partial charge in [-0.25, -0.2) is 0 Å². The third kappa shape index (κ3) is 2.52. The van der Waals surface area contributed by atoms with Crippen LogP contribution in [0.1, 0.15) is 32.6 Å². The first kappa shape index (κ1) is 11.4. The van der Waals surface area contributed by atoms with Crippen LogP contribution in [0.5, 0.6) is 0 Å². The Kier molecular flexibility index (Phi) is 3.33. The van der Waals surface area contributed by atoms with Gasteiger partial charge in [0.15, 0.2) is 0 Å². The second kappa shape index (κ2) is 4.40. The monoisotopic (exact) mass is 212 g/mol. The molecule has 88 valence electrons. The molecule has 0 aromatic carbocycles. The molecule has 3 heteroatoms. The van der Waals surface area contributed by atoms with Crippen molar-refractivity contribution in [1.29, 1.82) is 0 Å². The highest BCUT2D eigenvalue weighted by Crippen LogP contribution is 2.40. The van der Waals surface area contributed by atoms with Gasteiger partial charge in [-0.3, -0.25) is 0 Å². The van der Waals surface area contributed by atoms with Crippen molar-refractivity contribution >= 4 is 0 Å². The summed E-state index contributed by atoms with van der Waals surface area (Å²) in [4.78, 5) is 2.40. The molecule has 1 aliphatic heterocycles. The topological polar surface area (TPSA) is 49.5 Å². The van der Waals surface area contributed by atoms with Crippen molar-refractivity contribution < 1.29 is 5.11 Å². The Balaban J connectivity index is 1.85. The van der Waals surface area contributed by atoms with Crippen LogP contribution >= 0.6 is 0 Å². The molecule has 1 saturated heterocycles. The van der Waals surface area contributed by atoms with Gasteiger partial charge >= 0.3 is 0 Å². The Bertz CT molecular complexity index is 218. The van der Waals surface area contributed by atoms with E-state index in [4.69, 9.17) is 5.73 Å². The van der Waals surface area contributed by atoms with Gasteiger partial charge in [-0.2, -0.15) is 0 Å². The van der Waals surface area contributed by atoms with Crippen LogP contribution < -0.4 is 5.73 Å². The lowest BCUT2D eigenvalue weighted by Gasteiger charge is -2.31. The fourth-order valence-corrected chi connectivity index (χ4v) is 2.76. The van der Waals surface area contributed by atoms with Crippen molar-refractivity contribution in [2.24, 2.45) is 17.6 Å². The Morgan fingerprint density at radius 3 is 2.60 bits per heavy atom. The van der Waals surface area contributed by atoms with E-state index in [1.54, 1.807) is 0 Å². The minimum Gasteiger partial charge on any atom is -0.387 e. The standard InChI is InChI=1S/C12H24N2O/c1-2-10-5-6-14(7-10)9-12(15,8-13)11-3-4-11/h10-11,15H,2-9,13H2,1H3. The zero-order valence-corrected chi connectivity index (χ0v) is 9.78. The van der Waals surface area contributed by atoms with Gasteiger partial charge in [0, 0.05) is 19.6 Å². The van der Waals surface area contributed by atoms with Gasteiger partial charge in [0.25, 0.3) is 0 Å². The fourth-order valence-electron chi connectivity index (χ4n) is 2.76. The van der Waals surface area contributed by atoms with E-state index in [9.17, 15) is 5.11 Å². The number of aliphatic hydroxyl groups is 1. The Morgan fingerprint density at radius 1 is 1.40 bits per heavy atom. The molecule has 15 heavy (non-hydrogen) atoms. The molecule has 2 aliphatic rings. The molecule has 0 aromatic heterocycles. The van der Waals surface area contributed by atoms with Crippen LogP contribution in [0.4, 0.5) is 0 Å². The SMILES string of the molecule is CCC1CCN(CC(O)(CN)C2CC2)C1. The van der Waals surface area contributed by atoms with E-state index in [0.29, 0.717) is 12.5 Å². The smallest absolute Gasteiger partial charge is 0.0923 e. The molecule has 0 radical (unpaired) electrons. The number of hydrogen-bond acceptors (Lipinski definition) is 3. The number of nitrogens with two attached hydrogens (primary N) is 1. The molecule has 0 aromatic rings. The minimum absolute atomic E-state index is 0.422. The van der Waals surface area contributed by atoms with Crippen LogP contribution in [-0.2, 0) is 0 Å². The molecule has 0 amide bonds. The number of nitrogens with zero attached hydrogens (tertiary/aromatic N) is 1. The van der Waals surface area contributed by atoms with Gasteiger partial charge in [-0.15, -0.1) is 0 Å². The maximum Gasteiger partial charge on any atom is 0.0923 e. The van der Waals surface area contributed by atoms with Crippen molar-refractivity contribution in [3.8, 4) is 0 Å². The van der Waals surface area contributed by atoms with Crippen molar-refractivity contribution in [1.82, 2.24) is 4.90 Å². The van der Waals surface area contributed by atoms with Crippen molar-refractivity contribution in [2.75, 3.05) is 26.2 Å². The lowest BCUT2D eigenvalue weighted by molar-refractivity contribution is -0.00349. The van der Waals surface area contributed by atoms with Crippen molar-refractivity contribution in [3.05, 3.63) is 0 Å². The number of likely N-dealkylation sites (tertiary alicyclic amines) is 1. The van der Waals surface area contributed by atoms with E-state index in [2.05, 4.69) is 11.8 Å². The minimum atomic E-state index is -0.595. The Labute approximate surface area is 92.6 Å². The molecule has 2 rings (SSSR count). The van der Waals surface area contributed by atoms with E-state index in [1.807, 2.05) is 0 Å². The first-order valence-electron chi connectivity index (χ1n) is 6.32. The second-order valence-corrected chi connectivity index (χ2v) is 5.38. The molecular formula is C12H24N2O. The van der Waals surface area contributed by atoms with E-state index in [0.717, 1.165) is 25.6 Å². The third-order valence-electron chi connectivity index (χ3n) is 4.14. The van der Waals surface area contributed by atoms with E-state index in [1.165, 1.54) is 25.7 Å². The zero-order valence-electron chi connectivity index (χ0n) is 9.78. The lowest BCUT2D eigenvalue weighted by atomic mass is 9.97. The molecule has 2 fully saturated rings. The first-order chi connectivity index (χ1) is 7.18. The largest absolute Gasteiger partial charge is 0.387 e. The van der Waals surface area contributed by atoms with Crippen LogP contribution in [0.2, 0.25) is 0 Å². The van der Waals surface area contributed by atoms with Crippen LogP contribution in [0.3, 0.4) is 0 Å². The highest BCUT2D eigenvalue weighted by atomic mass is 16.3. The van der Waals surface area contributed by atoms with Crippen LogP contribution in [0.15, 0.2) is 0 Å². The van der Waals surface area contributed by atoms with Gasteiger partial charge in [-0.05, 0) is 37.6 Å². The molecule has 2 unspecified atom stereocenters. The number of rotatable bonds is 5. The van der Waals surface area contributed by atoms with Gasteiger partial charge in [0.2, 0.25) is 0 Å². The highest BCUT2D eigenvalue weighted by molar-refractivity contribution is 4.98. The quantitative estimate of drug-likeness (QED) is 0.709. The lowest BCUT2D eigenvalue weighted by Crippen LogP contribution is -2.49. The van der Waals surface area contributed by atoms with E-state index in [-0.39, 0.29) is 0 Å². The molecule has 2 atom stereocenters. The highest BCUT2D eigenvalue weighted by Gasteiger charge is 2.44. The first-order valence-corrected chi connectivity index (χ1v) is 6.32. The predicted octanol–water partition coefficient (Wildman–Crippen LogP) is 0.818. The van der Waals surface area contributed by atoms with Crippen LogP contribution in [0, 0.1) is 11.8 Å². The number of β-amino-alcohol motifs (C(OH)–C–C–N with tert-alkyl or cyclic N) is 1. The summed E-state index contributed by atoms with van der Waals surface area (Å²) in [7, 11) is 0. The number of hydrogen-bond donors (Lipinski definition) is 2. The average molecular weight is 212 g/mol. The Morgan fingerprint density at radius 2 is 2.13 bits per heavy atom. The van der Waals surface area contributed by atoms with Crippen molar-refractivity contribution in [2.45, 2.75) is 38.2 Å². The van der Waals surface area contributed by atoms with Gasteiger partial charge in [0.1, 0.15) is 0 Å². The molecule has 1 aliphatic carbocycles. The summed E-state index contributed by atoms with van der Waals surface area (Å²) in [6, 6.07) is 0. The van der Waals surface area contributed by atoms with E-state index < -0.39 is 5.60 Å². The summed E-state index contributed by atoms with van der Waals surface area (Å²) < 4.78 is 0. The summed E-state index contributed by atoms with van der Waals surface area (Å²) in [5.74, 6) is 1.31. The van der Waals surface area contributed by atoms with E-state index >= 15 is 0 Å². The molecule has 1 saturated carbocycles.